The summed E-state index contributed by atoms with van der Waals surface area (Å²) in [6.45, 7) is 3.99. The lowest BCUT2D eigenvalue weighted by Crippen LogP contribution is -2.24. The Bertz CT molecular complexity index is 738. The molecule has 0 aliphatic heterocycles. The van der Waals surface area contributed by atoms with Crippen LogP contribution in [0.4, 0.5) is 5.95 Å². The van der Waals surface area contributed by atoms with Crippen LogP contribution in [0.1, 0.15) is 25.6 Å². The highest BCUT2D eigenvalue weighted by Gasteiger charge is 2.18. The Morgan fingerprint density at radius 1 is 1.32 bits per heavy atom. The molecular weight excluding hydrogens is 304 g/mol. The lowest BCUT2D eigenvalue weighted by Gasteiger charge is -2.11. The number of aromatic nitrogens is 4. The van der Waals surface area contributed by atoms with Crippen LogP contribution in [0, 0.1) is 0 Å². The highest BCUT2D eigenvalue weighted by atomic mass is 32.2. The summed E-state index contributed by atoms with van der Waals surface area (Å²) in [7, 11) is -0.0177. The van der Waals surface area contributed by atoms with Crippen molar-refractivity contribution in [3.8, 4) is 0 Å². The normalized spacial score (nSPS) is 11.9. The fourth-order valence-electron chi connectivity index (χ4n) is 1.68. The van der Waals surface area contributed by atoms with E-state index in [2.05, 4.69) is 19.7 Å². The first-order valence-electron chi connectivity index (χ1n) is 6.82. The Morgan fingerprint density at radius 3 is 2.64 bits per heavy atom. The van der Waals surface area contributed by atoms with Crippen molar-refractivity contribution >= 4 is 16.0 Å². The Labute approximate surface area is 130 Å². The minimum atomic E-state index is -3.66. The predicted molar refractivity (Wildman–Crippen MR) is 83.0 cm³/mol. The van der Waals surface area contributed by atoms with E-state index in [9.17, 15) is 8.42 Å². The number of imidazole rings is 1. The van der Waals surface area contributed by atoms with Crippen LogP contribution in [0.5, 0.6) is 0 Å². The van der Waals surface area contributed by atoms with Gasteiger partial charge in [0.15, 0.2) is 5.03 Å². The average molecular weight is 324 g/mol. The average Bonchev–Trinajstić information content (AvgIpc) is 2.96. The molecular formula is C13H20N6O2S. The van der Waals surface area contributed by atoms with Gasteiger partial charge in [-0.2, -0.15) is 0 Å². The van der Waals surface area contributed by atoms with Gasteiger partial charge in [0.25, 0.3) is 10.0 Å². The Morgan fingerprint density at radius 2 is 2.05 bits per heavy atom. The third-order valence-electron chi connectivity index (χ3n) is 2.99. The summed E-state index contributed by atoms with van der Waals surface area (Å²) in [5.74, 6) is 0.529. The summed E-state index contributed by atoms with van der Waals surface area (Å²) >= 11 is 0. The largest absolute Gasteiger partial charge is 0.347 e. The van der Waals surface area contributed by atoms with Crippen LogP contribution < -0.4 is 9.62 Å². The van der Waals surface area contributed by atoms with Gasteiger partial charge in [0.2, 0.25) is 5.95 Å². The summed E-state index contributed by atoms with van der Waals surface area (Å²) < 4.78 is 28.7. The third-order valence-corrected chi connectivity index (χ3v) is 4.28. The zero-order valence-electron chi connectivity index (χ0n) is 13.1. The van der Waals surface area contributed by atoms with Gasteiger partial charge in [-0.05, 0) is 19.9 Å². The number of hydrogen-bond acceptors (Lipinski definition) is 6. The second kappa shape index (κ2) is 6.41. The Kier molecular flexibility index (Phi) is 4.77. The van der Waals surface area contributed by atoms with Crippen LogP contribution in [0.3, 0.4) is 0 Å². The van der Waals surface area contributed by atoms with Gasteiger partial charge in [-0.3, -0.25) is 0 Å². The van der Waals surface area contributed by atoms with Crippen molar-refractivity contribution in [3.63, 3.8) is 0 Å². The molecule has 2 aromatic rings. The smallest absolute Gasteiger partial charge is 0.259 e. The summed E-state index contributed by atoms with van der Waals surface area (Å²) in [5, 5.41) is 0.00286. The number of nitrogens with zero attached hydrogens (tertiary/aromatic N) is 5. The Balaban J connectivity index is 2.10. The molecule has 120 valence electrons. The molecule has 0 bridgehead atoms. The van der Waals surface area contributed by atoms with Crippen molar-refractivity contribution < 1.29 is 8.42 Å². The maximum absolute atomic E-state index is 12.2. The molecule has 0 radical (unpaired) electrons. The lowest BCUT2D eigenvalue weighted by molar-refractivity contribution is 0.575. The molecule has 2 heterocycles. The van der Waals surface area contributed by atoms with E-state index in [-0.39, 0.29) is 17.6 Å². The van der Waals surface area contributed by atoms with Crippen molar-refractivity contribution in [1.82, 2.24) is 24.2 Å². The van der Waals surface area contributed by atoms with E-state index in [0.29, 0.717) is 11.6 Å². The van der Waals surface area contributed by atoms with Crippen LogP contribution in [0.25, 0.3) is 0 Å². The van der Waals surface area contributed by atoms with Crippen molar-refractivity contribution in [2.24, 2.45) is 0 Å². The van der Waals surface area contributed by atoms with Gasteiger partial charge >= 0.3 is 0 Å². The maximum atomic E-state index is 12.2. The topological polar surface area (TPSA) is 93.0 Å². The molecule has 0 aliphatic carbocycles. The van der Waals surface area contributed by atoms with E-state index in [4.69, 9.17) is 0 Å². The van der Waals surface area contributed by atoms with E-state index >= 15 is 0 Å². The first kappa shape index (κ1) is 16.4. The zero-order valence-corrected chi connectivity index (χ0v) is 13.9. The minimum absolute atomic E-state index is 0.00286. The molecule has 9 heteroatoms. The third kappa shape index (κ3) is 3.80. The highest BCUT2D eigenvalue weighted by molar-refractivity contribution is 7.89. The molecule has 0 aromatic carbocycles. The first-order valence-corrected chi connectivity index (χ1v) is 8.30. The van der Waals surface area contributed by atoms with Gasteiger partial charge in [-0.1, -0.05) is 0 Å². The van der Waals surface area contributed by atoms with Gasteiger partial charge in [0.05, 0.1) is 18.6 Å². The second-order valence-electron chi connectivity index (χ2n) is 5.32. The van der Waals surface area contributed by atoms with Crippen molar-refractivity contribution in [1.29, 1.82) is 0 Å². The molecule has 0 unspecified atom stereocenters. The standard InChI is InChI=1S/C13H20N6O2S/c1-10(2)19-8-12(15-9-19)22(20,21)16-7-11-5-6-14-13(17-11)18(3)4/h5-6,8-10,16H,7H2,1-4H3. The molecule has 0 aliphatic rings. The number of rotatable bonds is 6. The number of nitrogens with one attached hydrogen (secondary N) is 1. The predicted octanol–water partition coefficient (Wildman–Crippen LogP) is 0.798. The molecule has 2 rings (SSSR count). The summed E-state index contributed by atoms with van der Waals surface area (Å²) in [6, 6.07) is 1.82. The number of anilines is 1. The minimum Gasteiger partial charge on any atom is -0.347 e. The molecule has 22 heavy (non-hydrogen) atoms. The van der Waals surface area contributed by atoms with Gasteiger partial charge in [-0.25, -0.2) is 28.1 Å². The van der Waals surface area contributed by atoms with E-state index < -0.39 is 10.0 Å². The number of hydrogen-bond donors (Lipinski definition) is 1. The molecule has 0 saturated heterocycles. The molecule has 0 spiro atoms. The first-order chi connectivity index (χ1) is 10.3. The van der Waals surface area contributed by atoms with Crippen molar-refractivity contribution in [2.75, 3.05) is 19.0 Å². The molecule has 1 N–H and O–H groups in total. The van der Waals surface area contributed by atoms with Crippen molar-refractivity contribution in [2.45, 2.75) is 31.5 Å². The molecule has 2 aromatic heterocycles. The van der Waals surface area contributed by atoms with E-state index in [0.717, 1.165) is 0 Å². The van der Waals surface area contributed by atoms with Crippen molar-refractivity contribution in [3.05, 3.63) is 30.5 Å². The number of sulfonamides is 1. The monoisotopic (exact) mass is 324 g/mol. The second-order valence-corrected chi connectivity index (χ2v) is 7.03. The molecule has 0 amide bonds. The van der Waals surface area contributed by atoms with Crippen LogP contribution >= 0.6 is 0 Å². The van der Waals surface area contributed by atoms with Crippen LogP contribution in [0.2, 0.25) is 0 Å². The molecule has 0 atom stereocenters. The summed E-state index contributed by atoms with van der Waals surface area (Å²) in [4.78, 5) is 14.0. The van der Waals surface area contributed by atoms with Gasteiger partial charge in [-0.15, -0.1) is 0 Å². The lowest BCUT2D eigenvalue weighted by atomic mass is 10.4. The SMILES string of the molecule is CC(C)n1cnc(S(=O)(=O)NCc2ccnc(N(C)C)n2)c1. The van der Waals surface area contributed by atoms with Crippen LogP contribution in [0.15, 0.2) is 29.8 Å². The fraction of sp³-hybridized carbons (Fsp3) is 0.462. The molecule has 0 fully saturated rings. The van der Waals surface area contributed by atoms with E-state index in [1.807, 2.05) is 27.9 Å². The van der Waals surface area contributed by atoms with Gasteiger partial charge in [0.1, 0.15) is 0 Å². The van der Waals surface area contributed by atoms with Crippen LogP contribution in [-0.2, 0) is 16.6 Å². The molecule has 8 nitrogen and oxygen atoms in total. The van der Waals surface area contributed by atoms with E-state index in [1.54, 1.807) is 21.7 Å². The quantitative estimate of drug-likeness (QED) is 0.845. The Hall–Kier alpha value is -2.00. The maximum Gasteiger partial charge on any atom is 0.259 e. The fourth-order valence-corrected chi connectivity index (χ4v) is 2.61. The molecule has 0 saturated carbocycles. The van der Waals surface area contributed by atoms with Crippen LogP contribution in [-0.4, -0.2) is 42.0 Å². The summed E-state index contributed by atoms with van der Waals surface area (Å²) in [6.07, 6.45) is 4.62. The van der Waals surface area contributed by atoms with Gasteiger partial charge < -0.3 is 9.47 Å². The zero-order chi connectivity index (χ0) is 16.3. The van der Waals surface area contributed by atoms with E-state index in [1.165, 1.54) is 12.5 Å². The summed E-state index contributed by atoms with van der Waals surface area (Å²) in [5.41, 5.74) is 0.588. The van der Waals surface area contributed by atoms with Gasteiger partial charge in [0, 0.05) is 32.5 Å². The highest BCUT2D eigenvalue weighted by Crippen LogP contribution is 2.11.